The second kappa shape index (κ2) is 8.98. The van der Waals surface area contributed by atoms with Crippen LogP contribution in [0.25, 0.3) is 0 Å². The SMILES string of the molecule is C=CCOc1ccc(C(=O)NNC(=O)C2CC(c3ccccc3)NN2)cc1. The highest BCUT2D eigenvalue weighted by molar-refractivity contribution is 5.96. The van der Waals surface area contributed by atoms with Gasteiger partial charge in [-0.2, -0.15) is 0 Å². The second-order valence-corrected chi connectivity index (χ2v) is 6.11. The molecule has 7 nitrogen and oxygen atoms in total. The van der Waals surface area contributed by atoms with Crippen molar-refractivity contribution in [2.75, 3.05) is 6.61 Å². The van der Waals surface area contributed by atoms with Gasteiger partial charge in [0.2, 0.25) is 0 Å². The van der Waals surface area contributed by atoms with Crippen molar-refractivity contribution < 1.29 is 14.3 Å². The van der Waals surface area contributed by atoms with Crippen LogP contribution in [0, 0.1) is 0 Å². The van der Waals surface area contributed by atoms with E-state index < -0.39 is 11.9 Å². The molecule has 7 heteroatoms. The monoisotopic (exact) mass is 366 g/mol. The average Bonchev–Trinajstić information content (AvgIpc) is 3.21. The number of benzene rings is 2. The number of ether oxygens (including phenoxy) is 1. The molecule has 1 aliphatic heterocycles. The molecule has 2 unspecified atom stereocenters. The number of carbonyl (C=O) groups excluding carboxylic acids is 2. The van der Waals surface area contributed by atoms with Gasteiger partial charge in [0.05, 0.1) is 0 Å². The lowest BCUT2D eigenvalue weighted by molar-refractivity contribution is -0.123. The number of hydrazine groups is 2. The lowest BCUT2D eigenvalue weighted by atomic mass is 10.0. The molecule has 2 aromatic rings. The third-order valence-electron chi connectivity index (χ3n) is 4.21. The van der Waals surface area contributed by atoms with E-state index in [1.165, 1.54) is 0 Å². The Bertz CT molecular complexity index is 793. The Hall–Kier alpha value is -3.16. The Kier molecular flexibility index (Phi) is 6.19. The van der Waals surface area contributed by atoms with Crippen LogP contribution in [-0.2, 0) is 4.79 Å². The summed E-state index contributed by atoms with van der Waals surface area (Å²) in [7, 11) is 0. The molecule has 1 fully saturated rings. The fraction of sp³-hybridized carbons (Fsp3) is 0.200. The van der Waals surface area contributed by atoms with Gasteiger partial charge >= 0.3 is 0 Å². The number of hydrogen-bond acceptors (Lipinski definition) is 5. The number of rotatable bonds is 6. The highest BCUT2D eigenvalue weighted by atomic mass is 16.5. The molecule has 2 aromatic carbocycles. The zero-order valence-corrected chi connectivity index (χ0v) is 14.8. The van der Waals surface area contributed by atoms with Crippen molar-refractivity contribution in [2.24, 2.45) is 0 Å². The first kappa shape index (κ1) is 18.6. The fourth-order valence-corrected chi connectivity index (χ4v) is 2.77. The summed E-state index contributed by atoms with van der Waals surface area (Å²) in [5.41, 5.74) is 12.5. The first-order chi connectivity index (χ1) is 13.2. The molecule has 0 saturated carbocycles. The Morgan fingerprint density at radius 1 is 1.07 bits per heavy atom. The summed E-state index contributed by atoms with van der Waals surface area (Å²) in [6, 6.07) is 16.1. The van der Waals surface area contributed by atoms with E-state index in [1.54, 1.807) is 30.3 Å². The topological polar surface area (TPSA) is 91.5 Å². The molecule has 2 atom stereocenters. The van der Waals surface area contributed by atoms with Gasteiger partial charge in [-0.05, 0) is 36.2 Å². The van der Waals surface area contributed by atoms with Crippen LogP contribution < -0.4 is 26.4 Å². The van der Waals surface area contributed by atoms with Crippen molar-refractivity contribution in [3.63, 3.8) is 0 Å². The molecule has 0 bridgehead atoms. The van der Waals surface area contributed by atoms with Gasteiger partial charge in [0.1, 0.15) is 18.4 Å². The van der Waals surface area contributed by atoms with E-state index in [4.69, 9.17) is 4.74 Å². The molecule has 27 heavy (non-hydrogen) atoms. The fourth-order valence-electron chi connectivity index (χ4n) is 2.77. The predicted octanol–water partition coefficient (Wildman–Crippen LogP) is 1.62. The average molecular weight is 366 g/mol. The first-order valence-electron chi connectivity index (χ1n) is 8.67. The van der Waals surface area contributed by atoms with Crippen LogP contribution in [0.5, 0.6) is 5.75 Å². The van der Waals surface area contributed by atoms with Crippen molar-refractivity contribution >= 4 is 11.8 Å². The number of hydrogen-bond donors (Lipinski definition) is 4. The van der Waals surface area contributed by atoms with Crippen LogP contribution in [0.1, 0.15) is 28.4 Å². The Morgan fingerprint density at radius 2 is 1.81 bits per heavy atom. The van der Waals surface area contributed by atoms with Gasteiger partial charge < -0.3 is 4.74 Å². The molecule has 2 amide bonds. The normalized spacial score (nSPS) is 18.5. The standard InChI is InChI=1S/C20H22N4O3/c1-2-12-27-16-10-8-15(9-11-16)19(25)23-24-20(26)18-13-17(21-22-18)14-6-4-3-5-7-14/h2-11,17-18,21-22H,1,12-13H2,(H,23,25)(H,24,26). The van der Waals surface area contributed by atoms with E-state index >= 15 is 0 Å². The van der Waals surface area contributed by atoms with E-state index in [0.29, 0.717) is 24.3 Å². The molecular formula is C20H22N4O3. The van der Waals surface area contributed by atoms with Crippen molar-refractivity contribution in [3.8, 4) is 5.75 Å². The molecule has 3 rings (SSSR count). The van der Waals surface area contributed by atoms with Crippen molar-refractivity contribution in [2.45, 2.75) is 18.5 Å². The second-order valence-electron chi connectivity index (χ2n) is 6.11. The van der Waals surface area contributed by atoms with Gasteiger partial charge in [0, 0.05) is 11.6 Å². The highest BCUT2D eigenvalue weighted by Crippen LogP contribution is 2.21. The maximum atomic E-state index is 12.3. The highest BCUT2D eigenvalue weighted by Gasteiger charge is 2.30. The third-order valence-corrected chi connectivity index (χ3v) is 4.21. The maximum Gasteiger partial charge on any atom is 0.269 e. The molecule has 0 aromatic heterocycles. The van der Waals surface area contributed by atoms with Crippen LogP contribution in [0.3, 0.4) is 0 Å². The van der Waals surface area contributed by atoms with Gasteiger partial charge in [-0.15, -0.1) is 0 Å². The quantitative estimate of drug-likeness (QED) is 0.461. The molecule has 1 heterocycles. The van der Waals surface area contributed by atoms with Crippen LogP contribution in [-0.4, -0.2) is 24.5 Å². The summed E-state index contributed by atoms with van der Waals surface area (Å²) in [5.74, 6) is -0.0620. The molecule has 0 spiro atoms. The lowest BCUT2D eigenvalue weighted by Crippen LogP contribution is -2.50. The molecule has 0 aliphatic carbocycles. The maximum absolute atomic E-state index is 12.3. The van der Waals surface area contributed by atoms with Gasteiger partial charge in [0.25, 0.3) is 11.8 Å². The lowest BCUT2D eigenvalue weighted by Gasteiger charge is -2.12. The van der Waals surface area contributed by atoms with Crippen LogP contribution in [0.15, 0.2) is 67.3 Å². The summed E-state index contributed by atoms with van der Waals surface area (Å²) in [6.07, 6.45) is 2.23. The Morgan fingerprint density at radius 3 is 2.52 bits per heavy atom. The van der Waals surface area contributed by atoms with E-state index in [1.807, 2.05) is 30.3 Å². The van der Waals surface area contributed by atoms with Crippen LogP contribution >= 0.6 is 0 Å². The van der Waals surface area contributed by atoms with Crippen LogP contribution in [0.2, 0.25) is 0 Å². The summed E-state index contributed by atoms with van der Waals surface area (Å²) in [6.45, 7) is 3.97. The molecule has 0 radical (unpaired) electrons. The van der Waals surface area contributed by atoms with E-state index in [0.717, 1.165) is 5.56 Å². The third kappa shape index (κ3) is 4.93. The minimum atomic E-state index is -0.440. The van der Waals surface area contributed by atoms with Gasteiger partial charge in [-0.25, -0.2) is 10.9 Å². The largest absolute Gasteiger partial charge is 0.490 e. The minimum absolute atomic E-state index is 0.0424. The molecule has 140 valence electrons. The van der Waals surface area contributed by atoms with Gasteiger partial charge in [0.15, 0.2) is 0 Å². The van der Waals surface area contributed by atoms with E-state index in [9.17, 15) is 9.59 Å². The van der Waals surface area contributed by atoms with Crippen molar-refractivity contribution in [3.05, 3.63) is 78.4 Å². The van der Waals surface area contributed by atoms with Gasteiger partial charge in [-0.3, -0.25) is 20.4 Å². The molecule has 1 saturated heterocycles. The summed E-state index contributed by atoms with van der Waals surface area (Å²) in [5, 5.41) is 0. The summed E-state index contributed by atoms with van der Waals surface area (Å²) in [4.78, 5) is 24.4. The van der Waals surface area contributed by atoms with E-state index in [2.05, 4.69) is 28.3 Å². The van der Waals surface area contributed by atoms with E-state index in [-0.39, 0.29) is 11.9 Å². The molecule has 4 N–H and O–H groups in total. The number of amides is 2. The summed E-state index contributed by atoms with van der Waals surface area (Å²) >= 11 is 0. The van der Waals surface area contributed by atoms with Crippen molar-refractivity contribution in [1.82, 2.24) is 21.7 Å². The van der Waals surface area contributed by atoms with Crippen molar-refractivity contribution in [1.29, 1.82) is 0 Å². The first-order valence-corrected chi connectivity index (χ1v) is 8.67. The minimum Gasteiger partial charge on any atom is -0.490 e. The number of nitrogens with one attached hydrogen (secondary N) is 4. The molecular weight excluding hydrogens is 344 g/mol. The zero-order chi connectivity index (χ0) is 19.1. The zero-order valence-electron chi connectivity index (χ0n) is 14.8. The Labute approximate surface area is 157 Å². The summed E-state index contributed by atoms with van der Waals surface area (Å²) < 4.78 is 5.37. The number of carbonyl (C=O) groups is 2. The van der Waals surface area contributed by atoms with Crippen LogP contribution in [0.4, 0.5) is 0 Å². The van der Waals surface area contributed by atoms with Gasteiger partial charge in [-0.1, -0.05) is 43.0 Å². The smallest absolute Gasteiger partial charge is 0.269 e. The Balaban J connectivity index is 1.47. The predicted molar refractivity (Wildman–Crippen MR) is 102 cm³/mol. The molecule has 1 aliphatic rings.